The third-order valence-electron chi connectivity index (χ3n) is 5.21. The van der Waals surface area contributed by atoms with Gasteiger partial charge in [-0.25, -0.2) is 14.6 Å². The fraction of sp³-hybridized carbons (Fsp3) is 0.125. The molecule has 5 aromatic rings. The lowest BCUT2D eigenvalue weighted by Gasteiger charge is -2.10. The molecule has 148 valence electrons. The largest absolute Gasteiger partial charge is 0.493 e. The third-order valence-corrected chi connectivity index (χ3v) is 5.21. The number of hydrogen-bond acceptors (Lipinski definition) is 5. The predicted molar refractivity (Wildman–Crippen MR) is 117 cm³/mol. The molecule has 0 radical (unpaired) electrons. The van der Waals surface area contributed by atoms with E-state index >= 15 is 0 Å². The summed E-state index contributed by atoms with van der Waals surface area (Å²) in [6.07, 6.45) is 1.85. The van der Waals surface area contributed by atoms with Crippen molar-refractivity contribution in [2.75, 3.05) is 14.2 Å². The summed E-state index contributed by atoms with van der Waals surface area (Å²) in [5.41, 5.74) is 5.34. The molecule has 6 nitrogen and oxygen atoms in total. The summed E-state index contributed by atoms with van der Waals surface area (Å²) in [7, 11) is 3.26. The van der Waals surface area contributed by atoms with Gasteiger partial charge in [-0.1, -0.05) is 18.2 Å². The van der Waals surface area contributed by atoms with E-state index in [0.29, 0.717) is 11.5 Å². The van der Waals surface area contributed by atoms with Crippen molar-refractivity contribution < 1.29 is 9.47 Å². The number of fused-ring (bicyclic) bond motifs is 3. The van der Waals surface area contributed by atoms with E-state index in [-0.39, 0.29) is 0 Å². The van der Waals surface area contributed by atoms with Crippen LogP contribution in [0.5, 0.6) is 11.5 Å². The molecule has 0 amide bonds. The first kappa shape index (κ1) is 18.1. The molecule has 30 heavy (non-hydrogen) atoms. The number of benzene rings is 2. The van der Waals surface area contributed by atoms with Gasteiger partial charge >= 0.3 is 0 Å². The van der Waals surface area contributed by atoms with E-state index in [2.05, 4.69) is 4.98 Å². The molecule has 0 aliphatic carbocycles. The Kier molecular flexibility index (Phi) is 4.32. The molecule has 0 aliphatic heterocycles. The minimum Gasteiger partial charge on any atom is -0.493 e. The quantitative estimate of drug-likeness (QED) is 0.430. The lowest BCUT2D eigenvalue weighted by molar-refractivity contribution is 0.355. The van der Waals surface area contributed by atoms with Crippen molar-refractivity contribution in [2.24, 2.45) is 0 Å². The van der Waals surface area contributed by atoms with Crippen molar-refractivity contribution in [1.82, 2.24) is 19.7 Å². The Morgan fingerprint density at radius 1 is 0.867 bits per heavy atom. The Bertz CT molecular complexity index is 1380. The van der Waals surface area contributed by atoms with Gasteiger partial charge in [-0.15, -0.1) is 0 Å². The second kappa shape index (κ2) is 7.15. The van der Waals surface area contributed by atoms with Crippen LogP contribution >= 0.6 is 0 Å². The van der Waals surface area contributed by atoms with E-state index in [1.807, 2.05) is 78.5 Å². The molecular formula is C24H20N4O2. The van der Waals surface area contributed by atoms with Gasteiger partial charge in [0.15, 0.2) is 17.1 Å². The average molecular weight is 396 g/mol. The van der Waals surface area contributed by atoms with Crippen LogP contribution in [0, 0.1) is 6.92 Å². The van der Waals surface area contributed by atoms with Crippen LogP contribution in [0.25, 0.3) is 38.9 Å². The van der Waals surface area contributed by atoms with Crippen LogP contribution in [0.3, 0.4) is 0 Å². The maximum absolute atomic E-state index is 5.45. The highest BCUT2D eigenvalue weighted by atomic mass is 16.5. The molecule has 0 atom stereocenters. The number of nitrogens with zero attached hydrogens (tertiary/aromatic N) is 4. The molecule has 0 bridgehead atoms. The van der Waals surface area contributed by atoms with Crippen molar-refractivity contribution >= 4 is 21.9 Å². The van der Waals surface area contributed by atoms with Gasteiger partial charge in [-0.2, -0.15) is 5.10 Å². The van der Waals surface area contributed by atoms with Gasteiger partial charge in [0.25, 0.3) is 0 Å². The molecular weight excluding hydrogens is 376 g/mol. The zero-order valence-electron chi connectivity index (χ0n) is 17.0. The minimum atomic E-state index is 0.671. The number of aromatic nitrogens is 4. The standard InChI is InChI=1S/C24H20N4O2/c1-15-22-23-17(14-25-24(22)28(27-15)18-7-5-4-6-8-18)9-11-19(26-23)16-10-12-20(29-2)21(13-16)30-3/h4-14H,1-3H3. The molecule has 3 aromatic heterocycles. The SMILES string of the molecule is COc1ccc(-c2ccc3cnc4c(c(C)nn4-c4ccccc4)c3n2)cc1OC. The van der Waals surface area contributed by atoms with Crippen LogP contribution in [-0.2, 0) is 0 Å². The molecule has 5 rings (SSSR count). The molecule has 0 N–H and O–H groups in total. The van der Waals surface area contributed by atoms with Gasteiger partial charge in [-0.05, 0) is 49.4 Å². The molecule has 6 heteroatoms. The van der Waals surface area contributed by atoms with E-state index in [0.717, 1.165) is 44.6 Å². The van der Waals surface area contributed by atoms with Gasteiger partial charge in [-0.3, -0.25) is 0 Å². The Hall–Kier alpha value is -3.93. The van der Waals surface area contributed by atoms with Gasteiger partial charge in [0.1, 0.15) is 0 Å². The summed E-state index contributed by atoms with van der Waals surface area (Å²) in [5, 5.41) is 6.67. The van der Waals surface area contributed by atoms with Gasteiger partial charge < -0.3 is 9.47 Å². The first-order valence-corrected chi connectivity index (χ1v) is 9.62. The van der Waals surface area contributed by atoms with Crippen LogP contribution < -0.4 is 9.47 Å². The fourth-order valence-corrected chi connectivity index (χ4v) is 3.72. The lowest BCUT2D eigenvalue weighted by atomic mass is 10.1. The molecule has 2 aromatic carbocycles. The normalized spacial score (nSPS) is 11.2. The summed E-state index contributed by atoms with van der Waals surface area (Å²) >= 11 is 0. The van der Waals surface area contributed by atoms with Crippen molar-refractivity contribution in [1.29, 1.82) is 0 Å². The Morgan fingerprint density at radius 2 is 1.67 bits per heavy atom. The number of ether oxygens (including phenoxy) is 2. The summed E-state index contributed by atoms with van der Waals surface area (Å²) in [6, 6.07) is 19.9. The van der Waals surface area contributed by atoms with Crippen LogP contribution in [-0.4, -0.2) is 34.0 Å². The predicted octanol–water partition coefficient (Wildman–Crippen LogP) is 4.96. The van der Waals surface area contributed by atoms with Crippen molar-refractivity contribution in [3.8, 4) is 28.4 Å². The summed E-state index contributed by atoms with van der Waals surface area (Å²) in [6.45, 7) is 1.99. The smallest absolute Gasteiger partial charge is 0.165 e. The van der Waals surface area contributed by atoms with Crippen LogP contribution in [0.1, 0.15) is 5.69 Å². The van der Waals surface area contributed by atoms with Crippen LogP contribution in [0.4, 0.5) is 0 Å². The summed E-state index contributed by atoms with van der Waals surface area (Å²) in [4.78, 5) is 9.67. The maximum atomic E-state index is 5.45. The number of rotatable bonds is 4. The minimum absolute atomic E-state index is 0.671. The first-order chi connectivity index (χ1) is 14.7. The zero-order valence-corrected chi connectivity index (χ0v) is 17.0. The molecule has 3 heterocycles. The second-order valence-corrected chi connectivity index (χ2v) is 6.99. The number of para-hydroxylation sites is 1. The van der Waals surface area contributed by atoms with E-state index in [4.69, 9.17) is 19.6 Å². The number of hydrogen-bond donors (Lipinski definition) is 0. The number of aryl methyl sites for hydroxylation is 1. The summed E-state index contributed by atoms with van der Waals surface area (Å²) < 4.78 is 12.7. The third kappa shape index (κ3) is 2.85. The first-order valence-electron chi connectivity index (χ1n) is 9.62. The topological polar surface area (TPSA) is 62.1 Å². The van der Waals surface area contributed by atoms with Gasteiger partial charge in [0.05, 0.1) is 42.2 Å². The number of pyridine rings is 2. The van der Waals surface area contributed by atoms with Crippen molar-refractivity contribution in [3.05, 3.63) is 72.6 Å². The van der Waals surface area contributed by atoms with Crippen molar-refractivity contribution in [2.45, 2.75) is 6.92 Å². The monoisotopic (exact) mass is 396 g/mol. The fourth-order valence-electron chi connectivity index (χ4n) is 3.72. The second-order valence-electron chi connectivity index (χ2n) is 6.99. The highest BCUT2D eigenvalue weighted by molar-refractivity contribution is 6.04. The highest BCUT2D eigenvalue weighted by Crippen LogP contribution is 2.33. The Balaban J connectivity index is 1.73. The van der Waals surface area contributed by atoms with Crippen LogP contribution in [0.15, 0.2) is 66.9 Å². The molecule has 0 spiro atoms. The maximum Gasteiger partial charge on any atom is 0.165 e. The summed E-state index contributed by atoms with van der Waals surface area (Å²) in [5.74, 6) is 1.36. The molecule has 0 saturated carbocycles. The Labute approximate surface area is 173 Å². The van der Waals surface area contributed by atoms with Crippen molar-refractivity contribution in [3.63, 3.8) is 0 Å². The molecule has 0 unspecified atom stereocenters. The van der Waals surface area contributed by atoms with E-state index in [1.165, 1.54) is 0 Å². The molecule has 0 aliphatic rings. The zero-order chi connectivity index (χ0) is 20.7. The highest BCUT2D eigenvalue weighted by Gasteiger charge is 2.16. The van der Waals surface area contributed by atoms with Gasteiger partial charge in [0, 0.05) is 17.1 Å². The van der Waals surface area contributed by atoms with E-state index in [1.54, 1.807) is 14.2 Å². The Morgan fingerprint density at radius 3 is 2.43 bits per heavy atom. The van der Waals surface area contributed by atoms with E-state index in [9.17, 15) is 0 Å². The average Bonchev–Trinajstić information content (AvgIpc) is 3.15. The molecule has 0 saturated heterocycles. The number of methoxy groups -OCH3 is 2. The van der Waals surface area contributed by atoms with Gasteiger partial charge in [0.2, 0.25) is 0 Å². The molecule has 0 fully saturated rings. The van der Waals surface area contributed by atoms with E-state index < -0.39 is 0 Å². The van der Waals surface area contributed by atoms with Crippen LogP contribution in [0.2, 0.25) is 0 Å². The lowest BCUT2D eigenvalue weighted by Crippen LogP contribution is -1.97.